The molecule has 2 aromatic rings. The van der Waals surface area contributed by atoms with Gasteiger partial charge in [-0.1, -0.05) is 72.3 Å². The topological polar surface area (TPSA) is 78.5 Å². The molecule has 4 rings (SSSR count). The third kappa shape index (κ3) is 6.98. The Bertz CT molecular complexity index is 1140. The number of likely N-dealkylation sites (tertiary alicyclic amines) is 1. The first-order chi connectivity index (χ1) is 17.8. The molecule has 2 atom stereocenters. The van der Waals surface area contributed by atoms with E-state index in [1.165, 1.54) is 6.07 Å². The third-order valence-electron chi connectivity index (χ3n) is 7.34. The lowest BCUT2D eigenvalue weighted by Gasteiger charge is -2.34. The SMILES string of the molecule is O=C(N[C@H](C(=O)N1CCC[C@H]1C(=O)NCCc1ccccc1Cl)C1CCCCC1)c1ccc(Cl)cc1Cl. The van der Waals surface area contributed by atoms with Crippen molar-refractivity contribution in [3.63, 3.8) is 0 Å². The van der Waals surface area contributed by atoms with E-state index in [2.05, 4.69) is 10.6 Å². The summed E-state index contributed by atoms with van der Waals surface area (Å²) < 4.78 is 0. The number of nitrogens with zero attached hydrogens (tertiary/aromatic N) is 1. The van der Waals surface area contributed by atoms with Crippen LogP contribution in [0.4, 0.5) is 0 Å². The van der Waals surface area contributed by atoms with Crippen molar-refractivity contribution in [3.05, 3.63) is 68.7 Å². The highest BCUT2D eigenvalue weighted by molar-refractivity contribution is 6.36. The summed E-state index contributed by atoms with van der Waals surface area (Å²) >= 11 is 18.5. The van der Waals surface area contributed by atoms with E-state index < -0.39 is 18.0 Å². The van der Waals surface area contributed by atoms with E-state index in [-0.39, 0.29) is 28.3 Å². The van der Waals surface area contributed by atoms with Crippen molar-refractivity contribution in [2.75, 3.05) is 13.1 Å². The van der Waals surface area contributed by atoms with Crippen molar-refractivity contribution in [2.45, 2.75) is 63.5 Å². The molecule has 6 nitrogen and oxygen atoms in total. The van der Waals surface area contributed by atoms with Gasteiger partial charge >= 0.3 is 0 Å². The van der Waals surface area contributed by atoms with Crippen molar-refractivity contribution in [1.29, 1.82) is 0 Å². The minimum Gasteiger partial charge on any atom is -0.354 e. The Morgan fingerprint density at radius 2 is 1.68 bits per heavy atom. The van der Waals surface area contributed by atoms with E-state index >= 15 is 0 Å². The molecular formula is C28H32Cl3N3O3. The minimum atomic E-state index is -0.712. The number of halogens is 3. The maximum Gasteiger partial charge on any atom is 0.253 e. The predicted octanol–water partition coefficient (Wildman–Crippen LogP) is 5.68. The van der Waals surface area contributed by atoms with Gasteiger partial charge in [-0.2, -0.15) is 0 Å². The molecule has 2 aliphatic rings. The fourth-order valence-corrected chi connectivity index (χ4v) is 6.09. The normalized spacial score (nSPS) is 18.9. The fourth-order valence-electron chi connectivity index (χ4n) is 5.36. The number of carbonyl (C=O) groups is 3. The molecule has 0 aromatic heterocycles. The van der Waals surface area contributed by atoms with E-state index in [1.807, 2.05) is 24.3 Å². The van der Waals surface area contributed by atoms with Crippen LogP contribution >= 0.6 is 34.8 Å². The van der Waals surface area contributed by atoms with Crippen LogP contribution in [0.25, 0.3) is 0 Å². The molecule has 2 N–H and O–H groups in total. The molecular weight excluding hydrogens is 533 g/mol. The van der Waals surface area contributed by atoms with Crippen LogP contribution in [0, 0.1) is 5.92 Å². The van der Waals surface area contributed by atoms with E-state index in [0.29, 0.717) is 36.0 Å². The molecule has 9 heteroatoms. The fraction of sp³-hybridized carbons (Fsp3) is 0.464. The molecule has 0 unspecified atom stereocenters. The number of hydrogen-bond acceptors (Lipinski definition) is 3. The molecule has 1 saturated carbocycles. The van der Waals surface area contributed by atoms with Crippen LogP contribution in [0.2, 0.25) is 15.1 Å². The second-order valence-corrected chi connectivity index (χ2v) is 11.0. The first-order valence-corrected chi connectivity index (χ1v) is 14.1. The molecule has 1 aliphatic carbocycles. The minimum absolute atomic E-state index is 0.0146. The summed E-state index contributed by atoms with van der Waals surface area (Å²) in [7, 11) is 0. The lowest BCUT2D eigenvalue weighted by atomic mass is 9.83. The van der Waals surface area contributed by atoms with Gasteiger partial charge in [0.25, 0.3) is 5.91 Å². The second-order valence-electron chi connectivity index (χ2n) is 9.80. The van der Waals surface area contributed by atoms with Crippen LogP contribution in [0.3, 0.4) is 0 Å². The molecule has 0 spiro atoms. The maximum atomic E-state index is 13.9. The zero-order valence-electron chi connectivity index (χ0n) is 20.7. The van der Waals surface area contributed by atoms with Crippen LogP contribution in [0.15, 0.2) is 42.5 Å². The number of nitrogens with one attached hydrogen (secondary N) is 2. The molecule has 0 bridgehead atoms. The highest BCUT2D eigenvalue weighted by Gasteiger charge is 2.40. The van der Waals surface area contributed by atoms with Crippen molar-refractivity contribution in [3.8, 4) is 0 Å². The molecule has 198 valence electrons. The zero-order chi connectivity index (χ0) is 26.4. The smallest absolute Gasteiger partial charge is 0.253 e. The van der Waals surface area contributed by atoms with Gasteiger partial charge in [-0.3, -0.25) is 14.4 Å². The van der Waals surface area contributed by atoms with E-state index in [1.54, 1.807) is 17.0 Å². The predicted molar refractivity (Wildman–Crippen MR) is 147 cm³/mol. The number of carbonyl (C=O) groups excluding carboxylic acids is 3. The summed E-state index contributed by atoms with van der Waals surface area (Å²) in [5.74, 6) is -0.771. The van der Waals surface area contributed by atoms with Crippen molar-refractivity contribution in [1.82, 2.24) is 15.5 Å². The number of benzene rings is 2. The van der Waals surface area contributed by atoms with Crippen LogP contribution in [0.1, 0.15) is 60.9 Å². The van der Waals surface area contributed by atoms with Gasteiger partial charge in [0, 0.05) is 23.1 Å². The highest BCUT2D eigenvalue weighted by atomic mass is 35.5. The average Bonchev–Trinajstić information content (AvgIpc) is 3.38. The van der Waals surface area contributed by atoms with E-state index in [9.17, 15) is 14.4 Å². The standard InChI is InChI=1S/C28H32Cl3N3O3/c29-20-12-13-21(23(31)17-20)26(35)33-25(19-8-2-1-3-9-19)28(37)34-16-6-11-24(34)27(36)32-15-14-18-7-4-5-10-22(18)30/h4-5,7,10,12-13,17,19,24-25H,1-3,6,8-9,11,14-16H2,(H,32,36)(H,33,35)/t24-,25-/m0/s1. The molecule has 1 aliphatic heterocycles. The lowest BCUT2D eigenvalue weighted by Crippen LogP contribution is -2.56. The molecule has 2 aromatic carbocycles. The number of amides is 3. The monoisotopic (exact) mass is 563 g/mol. The summed E-state index contributed by atoms with van der Waals surface area (Å²) in [5, 5.41) is 7.27. The quantitative estimate of drug-likeness (QED) is 0.433. The number of hydrogen-bond donors (Lipinski definition) is 2. The molecule has 2 fully saturated rings. The second kappa shape index (κ2) is 13.0. The van der Waals surface area contributed by atoms with Crippen molar-refractivity contribution >= 4 is 52.5 Å². The zero-order valence-corrected chi connectivity index (χ0v) is 22.9. The Hall–Kier alpha value is -2.28. The van der Waals surface area contributed by atoms with Gasteiger partial charge in [-0.15, -0.1) is 0 Å². The molecule has 0 radical (unpaired) electrons. The van der Waals surface area contributed by atoms with E-state index in [4.69, 9.17) is 34.8 Å². The summed E-state index contributed by atoms with van der Waals surface area (Å²) in [6.07, 6.45) is 6.79. The summed E-state index contributed by atoms with van der Waals surface area (Å²) in [5.41, 5.74) is 1.24. The Kier molecular flexibility index (Phi) is 9.74. The molecule has 1 saturated heterocycles. The van der Waals surface area contributed by atoms with Crippen LogP contribution < -0.4 is 10.6 Å². The van der Waals surface area contributed by atoms with Gasteiger partial charge in [0.15, 0.2) is 0 Å². The third-order valence-corrected chi connectivity index (χ3v) is 8.26. The highest BCUT2D eigenvalue weighted by Crippen LogP contribution is 2.30. The summed E-state index contributed by atoms with van der Waals surface area (Å²) in [6.45, 7) is 0.918. The lowest BCUT2D eigenvalue weighted by molar-refractivity contribution is -0.141. The summed E-state index contributed by atoms with van der Waals surface area (Å²) in [4.78, 5) is 41.8. The van der Waals surface area contributed by atoms with Crippen LogP contribution in [-0.4, -0.2) is 47.8 Å². The molecule has 37 heavy (non-hydrogen) atoms. The van der Waals surface area contributed by atoms with Gasteiger partial charge in [0.1, 0.15) is 12.1 Å². The molecule has 1 heterocycles. The van der Waals surface area contributed by atoms with Crippen LogP contribution in [0.5, 0.6) is 0 Å². The van der Waals surface area contributed by atoms with Gasteiger partial charge in [0.05, 0.1) is 10.6 Å². The van der Waals surface area contributed by atoms with Crippen molar-refractivity contribution < 1.29 is 14.4 Å². The van der Waals surface area contributed by atoms with Gasteiger partial charge in [0.2, 0.25) is 11.8 Å². The first kappa shape index (κ1) is 27.7. The van der Waals surface area contributed by atoms with Gasteiger partial charge in [-0.05, 0) is 67.9 Å². The number of rotatable bonds is 8. The Labute approximate surface area is 233 Å². The Morgan fingerprint density at radius 1 is 0.919 bits per heavy atom. The summed E-state index contributed by atoms with van der Waals surface area (Å²) in [6, 6.07) is 11.0. The van der Waals surface area contributed by atoms with Gasteiger partial charge < -0.3 is 15.5 Å². The average molecular weight is 565 g/mol. The molecule has 3 amide bonds. The largest absolute Gasteiger partial charge is 0.354 e. The van der Waals surface area contributed by atoms with Crippen LogP contribution in [-0.2, 0) is 16.0 Å². The Balaban J connectivity index is 1.45. The Morgan fingerprint density at radius 3 is 2.41 bits per heavy atom. The van der Waals surface area contributed by atoms with Gasteiger partial charge in [-0.25, -0.2) is 0 Å². The maximum absolute atomic E-state index is 13.9. The van der Waals surface area contributed by atoms with E-state index in [0.717, 1.165) is 44.1 Å². The first-order valence-electron chi connectivity index (χ1n) is 12.9. The van der Waals surface area contributed by atoms with Crippen molar-refractivity contribution in [2.24, 2.45) is 5.92 Å².